The molecule has 5 heteroatoms. The molecule has 182 valence electrons. The van der Waals surface area contributed by atoms with Gasteiger partial charge in [0.2, 0.25) is 0 Å². The molecule has 0 atom stereocenters. The van der Waals surface area contributed by atoms with Gasteiger partial charge in [-0.05, 0) is 57.2 Å². The lowest BCUT2D eigenvalue weighted by Crippen LogP contribution is -2.42. The van der Waals surface area contributed by atoms with E-state index >= 15 is 0 Å². The molecule has 0 unspecified atom stereocenters. The molecule has 0 spiro atoms. The van der Waals surface area contributed by atoms with Gasteiger partial charge >= 0.3 is 5.97 Å². The first kappa shape index (κ1) is 23.4. The minimum Gasteiger partial charge on any atom is -0.496 e. The van der Waals surface area contributed by atoms with E-state index in [9.17, 15) is 4.79 Å². The number of hydrogen-bond donors (Lipinski definition) is 0. The SMILES string of the molecule is COc1c(C)c(C(=O)Oc2ccccc2)c(OCc2ccccc2)c2c1CN(C(C)(C)C1CC1)C2. The van der Waals surface area contributed by atoms with Crippen molar-refractivity contribution in [1.29, 1.82) is 0 Å². The Labute approximate surface area is 207 Å². The van der Waals surface area contributed by atoms with Gasteiger partial charge in [0.1, 0.15) is 29.4 Å². The molecule has 35 heavy (non-hydrogen) atoms. The van der Waals surface area contributed by atoms with Crippen molar-refractivity contribution in [1.82, 2.24) is 4.90 Å². The molecule has 1 fully saturated rings. The molecule has 5 rings (SSSR count). The van der Waals surface area contributed by atoms with Gasteiger partial charge in [-0.2, -0.15) is 0 Å². The molecule has 3 aromatic carbocycles. The lowest BCUT2D eigenvalue weighted by Gasteiger charge is -2.35. The molecule has 0 N–H and O–H groups in total. The molecule has 0 aromatic heterocycles. The summed E-state index contributed by atoms with van der Waals surface area (Å²) in [5, 5.41) is 0. The molecule has 1 aliphatic carbocycles. The Morgan fingerprint density at radius 1 is 0.943 bits per heavy atom. The zero-order valence-corrected chi connectivity index (χ0v) is 21.0. The van der Waals surface area contributed by atoms with Crippen molar-refractivity contribution in [2.75, 3.05) is 7.11 Å². The molecule has 0 saturated heterocycles. The molecular weight excluding hydrogens is 438 g/mol. The summed E-state index contributed by atoms with van der Waals surface area (Å²) >= 11 is 0. The summed E-state index contributed by atoms with van der Waals surface area (Å²) in [6.45, 7) is 8.43. The average molecular weight is 472 g/mol. The summed E-state index contributed by atoms with van der Waals surface area (Å²) in [6, 6.07) is 19.2. The Bertz CT molecular complexity index is 1220. The number of nitrogens with zero attached hydrogens (tertiary/aromatic N) is 1. The van der Waals surface area contributed by atoms with Crippen LogP contribution in [0.4, 0.5) is 0 Å². The number of para-hydroxylation sites is 1. The molecule has 2 aliphatic rings. The first-order valence-corrected chi connectivity index (χ1v) is 12.3. The highest BCUT2D eigenvalue weighted by Crippen LogP contribution is 2.50. The minimum absolute atomic E-state index is 0.0688. The molecule has 1 saturated carbocycles. The molecule has 1 aliphatic heterocycles. The maximum atomic E-state index is 13.6. The predicted octanol–water partition coefficient (Wildman–Crippen LogP) is 6.31. The maximum Gasteiger partial charge on any atom is 0.347 e. The number of methoxy groups -OCH3 is 1. The monoisotopic (exact) mass is 471 g/mol. The number of carbonyl (C=O) groups is 1. The van der Waals surface area contributed by atoms with E-state index in [4.69, 9.17) is 14.2 Å². The van der Waals surface area contributed by atoms with E-state index in [0.29, 0.717) is 36.1 Å². The van der Waals surface area contributed by atoms with Gasteiger partial charge < -0.3 is 14.2 Å². The van der Waals surface area contributed by atoms with Crippen LogP contribution in [0.1, 0.15) is 59.3 Å². The van der Waals surface area contributed by atoms with Gasteiger partial charge in [-0.3, -0.25) is 4.90 Å². The number of rotatable bonds is 8. The van der Waals surface area contributed by atoms with E-state index < -0.39 is 5.97 Å². The highest BCUT2D eigenvalue weighted by atomic mass is 16.5. The van der Waals surface area contributed by atoms with Gasteiger partial charge in [-0.25, -0.2) is 4.79 Å². The number of benzene rings is 3. The minimum atomic E-state index is -0.433. The number of carbonyl (C=O) groups excluding carboxylic acids is 1. The largest absolute Gasteiger partial charge is 0.496 e. The summed E-state index contributed by atoms with van der Waals surface area (Å²) in [5.41, 5.74) is 4.44. The zero-order chi connectivity index (χ0) is 24.6. The van der Waals surface area contributed by atoms with Crippen LogP contribution in [0.25, 0.3) is 0 Å². The third-order valence-electron chi connectivity index (χ3n) is 7.53. The molecule has 0 amide bonds. The van der Waals surface area contributed by atoms with Crippen LogP contribution in [-0.2, 0) is 19.7 Å². The van der Waals surface area contributed by atoms with Crippen LogP contribution >= 0.6 is 0 Å². The highest BCUT2D eigenvalue weighted by molar-refractivity contribution is 5.97. The van der Waals surface area contributed by atoms with Gasteiger partial charge in [0, 0.05) is 35.3 Å². The van der Waals surface area contributed by atoms with E-state index in [1.54, 1.807) is 19.2 Å². The van der Waals surface area contributed by atoms with Crippen LogP contribution in [0.15, 0.2) is 60.7 Å². The van der Waals surface area contributed by atoms with Gasteiger partial charge in [-0.1, -0.05) is 48.5 Å². The molecule has 0 bridgehead atoms. The van der Waals surface area contributed by atoms with E-state index in [0.717, 1.165) is 34.5 Å². The Kier molecular flexibility index (Phi) is 6.28. The second kappa shape index (κ2) is 9.38. The second-order valence-corrected chi connectivity index (χ2v) is 10.1. The summed E-state index contributed by atoms with van der Waals surface area (Å²) < 4.78 is 18.1. The Hall–Kier alpha value is -3.31. The fourth-order valence-electron chi connectivity index (χ4n) is 5.22. The van der Waals surface area contributed by atoms with E-state index in [2.05, 4.69) is 18.7 Å². The molecule has 1 heterocycles. The summed E-state index contributed by atoms with van der Waals surface area (Å²) in [7, 11) is 1.67. The first-order valence-electron chi connectivity index (χ1n) is 12.3. The Balaban J connectivity index is 1.58. The van der Waals surface area contributed by atoms with Crippen LogP contribution in [-0.4, -0.2) is 23.5 Å². The Morgan fingerprint density at radius 3 is 2.14 bits per heavy atom. The fourth-order valence-corrected chi connectivity index (χ4v) is 5.22. The van der Waals surface area contributed by atoms with Gasteiger partial charge in [0.15, 0.2) is 0 Å². The van der Waals surface area contributed by atoms with Crippen molar-refractivity contribution in [3.63, 3.8) is 0 Å². The van der Waals surface area contributed by atoms with Crippen molar-refractivity contribution in [3.8, 4) is 17.2 Å². The van der Waals surface area contributed by atoms with Crippen molar-refractivity contribution in [2.45, 2.75) is 58.8 Å². The number of ether oxygens (including phenoxy) is 3. The van der Waals surface area contributed by atoms with Crippen molar-refractivity contribution in [2.24, 2.45) is 5.92 Å². The maximum absolute atomic E-state index is 13.6. The Morgan fingerprint density at radius 2 is 1.54 bits per heavy atom. The second-order valence-electron chi connectivity index (χ2n) is 10.1. The van der Waals surface area contributed by atoms with Crippen LogP contribution in [0, 0.1) is 12.8 Å². The third kappa shape index (κ3) is 4.53. The van der Waals surface area contributed by atoms with E-state index in [1.165, 1.54) is 12.8 Å². The van der Waals surface area contributed by atoms with Crippen molar-refractivity contribution in [3.05, 3.63) is 88.5 Å². The smallest absolute Gasteiger partial charge is 0.347 e. The number of fused-ring (bicyclic) bond motifs is 1. The predicted molar refractivity (Wildman–Crippen MR) is 136 cm³/mol. The van der Waals surface area contributed by atoms with Crippen LogP contribution < -0.4 is 14.2 Å². The van der Waals surface area contributed by atoms with Crippen LogP contribution in [0.3, 0.4) is 0 Å². The summed E-state index contributed by atoms with van der Waals surface area (Å²) in [6.07, 6.45) is 2.53. The summed E-state index contributed by atoms with van der Waals surface area (Å²) in [5.74, 6) is 2.12. The van der Waals surface area contributed by atoms with Crippen LogP contribution in [0.2, 0.25) is 0 Å². The quantitative estimate of drug-likeness (QED) is 0.285. The molecule has 5 nitrogen and oxygen atoms in total. The highest BCUT2D eigenvalue weighted by Gasteiger charge is 2.45. The van der Waals surface area contributed by atoms with Crippen molar-refractivity contribution >= 4 is 5.97 Å². The zero-order valence-electron chi connectivity index (χ0n) is 21.0. The lowest BCUT2D eigenvalue weighted by atomic mass is 9.96. The van der Waals surface area contributed by atoms with Gasteiger partial charge in [-0.15, -0.1) is 0 Å². The average Bonchev–Trinajstić information content (AvgIpc) is 3.63. The van der Waals surface area contributed by atoms with Gasteiger partial charge in [0.25, 0.3) is 0 Å². The lowest BCUT2D eigenvalue weighted by molar-refractivity contribution is 0.0727. The van der Waals surface area contributed by atoms with E-state index in [-0.39, 0.29) is 5.54 Å². The first-order chi connectivity index (χ1) is 16.9. The molecular formula is C30H33NO4. The molecule has 0 radical (unpaired) electrons. The van der Waals surface area contributed by atoms with Crippen LogP contribution in [0.5, 0.6) is 17.2 Å². The topological polar surface area (TPSA) is 48.0 Å². The van der Waals surface area contributed by atoms with E-state index in [1.807, 2.05) is 55.5 Å². The number of esters is 1. The summed E-state index contributed by atoms with van der Waals surface area (Å²) in [4.78, 5) is 16.1. The van der Waals surface area contributed by atoms with Gasteiger partial charge in [0.05, 0.1) is 7.11 Å². The number of hydrogen-bond acceptors (Lipinski definition) is 5. The standard InChI is InChI=1S/C30H33NO4/c1-20-26(29(32)35-23-13-9-6-10-14-23)28(34-19-21-11-7-5-8-12-21)25-18-31(17-24(25)27(20)33-4)30(2,3)22-15-16-22/h5-14,22H,15-19H2,1-4H3. The fraction of sp³-hybridized carbons (Fsp3) is 0.367. The molecule has 3 aromatic rings. The normalized spacial score (nSPS) is 15.5. The van der Waals surface area contributed by atoms with Crippen molar-refractivity contribution < 1.29 is 19.0 Å². The third-order valence-corrected chi connectivity index (χ3v) is 7.53.